The van der Waals surface area contributed by atoms with E-state index in [4.69, 9.17) is 22.8 Å². The van der Waals surface area contributed by atoms with E-state index in [0.29, 0.717) is 37.0 Å². The van der Waals surface area contributed by atoms with Crippen LogP contribution in [0, 0.1) is 38.5 Å². The summed E-state index contributed by atoms with van der Waals surface area (Å²) in [5, 5.41) is 3.67. The summed E-state index contributed by atoms with van der Waals surface area (Å²) in [5.41, 5.74) is 10.5. The predicted octanol–water partition coefficient (Wildman–Crippen LogP) is 13.8. The molecule has 15 rings (SSSR count). The number of piperidine rings is 3. The smallest absolute Gasteiger partial charge is 0.373 e. The van der Waals surface area contributed by atoms with Gasteiger partial charge in [-0.25, -0.2) is 0 Å². The third kappa shape index (κ3) is 12.8. The molecular formula is C63H79N3O6. The zero-order valence-corrected chi connectivity index (χ0v) is 44.1. The van der Waals surface area contributed by atoms with Crippen molar-refractivity contribution in [1.29, 1.82) is 0 Å². The molecule has 3 aromatic carbocycles. The van der Waals surface area contributed by atoms with Gasteiger partial charge in [-0.05, 0) is 157 Å². The molecule has 9 heterocycles. The van der Waals surface area contributed by atoms with E-state index in [9.17, 15) is 4.79 Å². The molecule has 382 valence electrons. The zero-order chi connectivity index (χ0) is 50.7. The van der Waals surface area contributed by atoms with Gasteiger partial charge in [0.1, 0.15) is 22.5 Å². The Hall–Kier alpha value is -5.57. The SMILES string of the molecule is CCC(=O)Cc1coc2ccc(C)cc12.CCN1CC2C=CC1CC2.CC[C@@H](Cc1coc2ccc(C)cc12)N1CC2C=CC1CC2.CC[C@H](Cc1coc2ccc(C)cc12)N1CC2C=CC1CC2.O=C=O. The number of aryl methyl sites for hydroxylation is 3. The van der Waals surface area contributed by atoms with Crippen molar-refractivity contribution in [3.8, 4) is 0 Å². The maximum Gasteiger partial charge on any atom is 0.373 e. The zero-order valence-electron chi connectivity index (χ0n) is 44.1. The van der Waals surface area contributed by atoms with E-state index in [2.05, 4.69) is 128 Å². The molecule has 6 unspecified atom stereocenters. The van der Waals surface area contributed by atoms with Gasteiger partial charge in [-0.15, -0.1) is 0 Å². The second-order valence-corrected chi connectivity index (χ2v) is 21.3. The van der Waals surface area contributed by atoms with E-state index < -0.39 is 0 Å². The number of nitrogens with zero attached hydrogens (tertiary/aromatic N) is 3. The lowest BCUT2D eigenvalue weighted by atomic mass is 9.84. The molecule has 3 saturated heterocycles. The first-order valence-electron chi connectivity index (χ1n) is 27.2. The average molecular weight is 974 g/mol. The van der Waals surface area contributed by atoms with Crippen LogP contribution in [0.2, 0.25) is 0 Å². The number of ketones is 1. The molecule has 3 aromatic heterocycles. The number of hydrogen-bond acceptors (Lipinski definition) is 9. The topological polar surface area (TPSA) is 100 Å². The van der Waals surface area contributed by atoms with E-state index in [1.165, 1.54) is 116 Å². The summed E-state index contributed by atoms with van der Waals surface area (Å²) >= 11 is 0. The lowest BCUT2D eigenvalue weighted by molar-refractivity contribution is -0.191. The average Bonchev–Trinajstić information content (AvgIpc) is 4.14. The first-order valence-corrected chi connectivity index (χ1v) is 27.2. The molecule has 0 saturated carbocycles. The Balaban J connectivity index is 0.000000131. The maximum atomic E-state index is 11.4. The fourth-order valence-electron chi connectivity index (χ4n) is 12.2. The fraction of sp³-hybridized carbons (Fsp3) is 0.492. The van der Waals surface area contributed by atoms with Crippen LogP contribution in [0.5, 0.6) is 0 Å². The van der Waals surface area contributed by atoms with Gasteiger partial charge in [0.15, 0.2) is 0 Å². The molecule has 0 amide bonds. The molecule has 9 heteroatoms. The van der Waals surface area contributed by atoms with Crippen LogP contribution in [0.4, 0.5) is 0 Å². The number of rotatable bonds is 12. The molecule has 6 aromatic rings. The minimum absolute atomic E-state index is 0.249. The Morgan fingerprint density at radius 3 is 1.24 bits per heavy atom. The van der Waals surface area contributed by atoms with Crippen molar-refractivity contribution < 1.29 is 27.6 Å². The Kier molecular flexibility index (Phi) is 18.2. The van der Waals surface area contributed by atoms with Gasteiger partial charge in [-0.1, -0.05) is 99.0 Å². The van der Waals surface area contributed by atoms with Crippen LogP contribution in [-0.2, 0) is 33.6 Å². The highest BCUT2D eigenvalue weighted by Gasteiger charge is 2.35. The van der Waals surface area contributed by atoms with Gasteiger partial charge in [0, 0.05) is 84.4 Å². The summed E-state index contributed by atoms with van der Waals surface area (Å²) < 4.78 is 16.9. The molecule has 9 nitrogen and oxygen atoms in total. The van der Waals surface area contributed by atoms with Crippen molar-refractivity contribution in [3.05, 3.63) is 143 Å². The molecule has 3 fully saturated rings. The van der Waals surface area contributed by atoms with Gasteiger partial charge in [0.2, 0.25) is 0 Å². The summed E-state index contributed by atoms with van der Waals surface area (Å²) in [6, 6.07) is 22.4. The molecule has 72 heavy (non-hydrogen) atoms. The fourth-order valence-corrected chi connectivity index (χ4v) is 12.2. The Morgan fingerprint density at radius 1 is 0.542 bits per heavy atom. The van der Waals surface area contributed by atoms with Gasteiger partial charge >= 0.3 is 6.15 Å². The highest BCUT2D eigenvalue weighted by atomic mass is 16.3. The van der Waals surface area contributed by atoms with Crippen molar-refractivity contribution in [2.45, 2.75) is 156 Å². The van der Waals surface area contributed by atoms with Crippen molar-refractivity contribution in [1.82, 2.24) is 14.7 Å². The van der Waals surface area contributed by atoms with Gasteiger partial charge in [0.25, 0.3) is 0 Å². The molecular weight excluding hydrogens is 895 g/mol. The predicted molar refractivity (Wildman–Crippen MR) is 290 cm³/mol. The molecule has 8 atom stereocenters. The van der Waals surface area contributed by atoms with E-state index in [1.807, 2.05) is 38.5 Å². The summed E-state index contributed by atoms with van der Waals surface area (Å²) in [7, 11) is 0. The Morgan fingerprint density at radius 2 is 0.931 bits per heavy atom. The number of fused-ring (bicyclic) bond motifs is 9. The van der Waals surface area contributed by atoms with Crippen molar-refractivity contribution in [3.63, 3.8) is 0 Å². The van der Waals surface area contributed by atoms with E-state index in [0.717, 1.165) is 64.3 Å². The molecule has 6 bridgehead atoms. The third-order valence-corrected chi connectivity index (χ3v) is 16.4. The van der Waals surface area contributed by atoms with E-state index >= 15 is 0 Å². The second-order valence-electron chi connectivity index (χ2n) is 21.3. The number of benzene rings is 3. The number of hydrogen-bond donors (Lipinski definition) is 0. The maximum absolute atomic E-state index is 11.4. The highest BCUT2D eigenvalue weighted by molar-refractivity contribution is 5.89. The number of Topliss-reactive ketones (excluding diaryl/α,β-unsaturated/α-hetero) is 1. The minimum atomic E-state index is 0.249. The summed E-state index contributed by atoms with van der Waals surface area (Å²) in [6.45, 7) is 20.2. The van der Waals surface area contributed by atoms with Crippen LogP contribution in [0.3, 0.4) is 0 Å². The summed E-state index contributed by atoms with van der Waals surface area (Å²) in [6.07, 6.45) is 34.4. The van der Waals surface area contributed by atoms with Gasteiger partial charge in [0.05, 0.1) is 18.8 Å². The molecule has 9 aliphatic rings. The van der Waals surface area contributed by atoms with Gasteiger partial charge in [-0.2, -0.15) is 9.59 Å². The second kappa shape index (κ2) is 24.9. The van der Waals surface area contributed by atoms with Crippen molar-refractivity contribution >= 4 is 44.8 Å². The molecule has 0 spiro atoms. The number of carbonyl (C=O) groups is 1. The monoisotopic (exact) mass is 974 g/mol. The Bertz CT molecular complexity index is 2730. The van der Waals surface area contributed by atoms with E-state index in [-0.39, 0.29) is 11.9 Å². The highest BCUT2D eigenvalue weighted by Crippen LogP contribution is 2.36. The number of carbonyl (C=O) groups excluding carboxylic acids is 3. The molecule has 6 aliphatic heterocycles. The minimum Gasteiger partial charge on any atom is -0.464 e. The standard InChI is InChI=1S/2C20H25NO.C13H14O2.C9H15N.CO2/c2*1-3-17(21-12-15-5-7-18(21)8-6-15)11-16-13-22-20-9-4-14(2)10-19(16)20;1-3-11(14)7-10-8-15-13-5-4-9(2)6-12(10)13;1-2-10-7-8-3-5-9(10)6-4-8;2-1-3/h2*4-5,7,9-10,13,15,17-18H,3,6,8,11-12H2,1-2H3;4-6,8H,3,7H2,1-2H3;3,5,8-9H,2,4,6-7H2,1H3;/t2*15?,17-,18?;;;/m10.../s1. The number of likely N-dealkylation sites (N-methyl/N-ethyl adjacent to an activating group) is 1. The van der Waals surface area contributed by atoms with Crippen LogP contribution in [0.25, 0.3) is 32.9 Å². The van der Waals surface area contributed by atoms with Crippen LogP contribution in [0.15, 0.2) is 123 Å². The van der Waals surface area contributed by atoms with Gasteiger partial charge in [-0.3, -0.25) is 19.5 Å². The van der Waals surface area contributed by atoms with E-state index in [1.54, 1.807) is 6.26 Å². The van der Waals surface area contributed by atoms with Crippen molar-refractivity contribution in [2.75, 3.05) is 26.2 Å². The largest absolute Gasteiger partial charge is 0.464 e. The lowest BCUT2D eigenvalue weighted by Crippen LogP contribution is -2.50. The van der Waals surface area contributed by atoms with Crippen LogP contribution in [0.1, 0.15) is 119 Å². The first kappa shape index (κ1) is 52.7. The Labute approximate surface area is 428 Å². The lowest BCUT2D eigenvalue weighted by Gasteiger charge is -2.45. The summed E-state index contributed by atoms with van der Waals surface area (Å²) in [4.78, 5) is 35.7. The van der Waals surface area contributed by atoms with Crippen LogP contribution in [-0.4, -0.2) is 83.0 Å². The molecule has 3 aliphatic carbocycles. The quantitative estimate of drug-likeness (QED) is 0.111. The third-order valence-electron chi connectivity index (χ3n) is 16.4. The normalized spacial score (nSPS) is 23.6. The molecule has 0 N–H and O–H groups in total. The van der Waals surface area contributed by atoms with Crippen LogP contribution < -0.4 is 0 Å². The van der Waals surface area contributed by atoms with Crippen molar-refractivity contribution in [2.24, 2.45) is 17.8 Å². The number of furan rings is 3. The van der Waals surface area contributed by atoms with Gasteiger partial charge < -0.3 is 13.3 Å². The summed E-state index contributed by atoms with van der Waals surface area (Å²) in [5.74, 6) is 2.69. The van der Waals surface area contributed by atoms with Crippen LogP contribution >= 0.6 is 0 Å². The first-order chi connectivity index (χ1) is 35.0. The molecule has 0 radical (unpaired) electrons.